The van der Waals surface area contributed by atoms with Crippen LogP contribution in [0.3, 0.4) is 0 Å². The van der Waals surface area contributed by atoms with Gasteiger partial charge in [0.25, 0.3) is 0 Å². The number of nitrogen functional groups attached to an aromatic ring is 1. The highest BCUT2D eigenvalue weighted by Crippen LogP contribution is 2.24. The Kier molecular flexibility index (Phi) is 7.12. The topological polar surface area (TPSA) is 132 Å². The second-order valence-electron chi connectivity index (χ2n) is 8.33. The Morgan fingerprint density at radius 3 is 2.59 bits per heavy atom. The summed E-state index contributed by atoms with van der Waals surface area (Å²) in [4.78, 5) is 39.4. The number of morpholine rings is 1. The first-order valence-corrected chi connectivity index (χ1v) is 11.2. The highest BCUT2D eigenvalue weighted by atomic mass is 16.5. The first-order valence-electron chi connectivity index (χ1n) is 11.2. The van der Waals surface area contributed by atoms with E-state index in [1.165, 1.54) is 6.20 Å². The molecule has 34 heavy (non-hydrogen) atoms. The Labute approximate surface area is 197 Å². The zero-order valence-corrected chi connectivity index (χ0v) is 19.0. The number of nitrogens with zero attached hydrogens (tertiary/aromatic N) is 4. The SMILES string of the molecule is C[C@@H](Cc1ccc(-c2cnc(N)c(C(=O)Cc3cnccc3N3CCOCC3)n2)cc1)C(=O)O. The molecule has 3 N–H and O–H groups in total. The van der Waals surface area contributed by atoms with Crippen LogP contribution in [-0.4, -0.2) is 58.1 Å². The lowest BCUT2D eigenvalue weighted by Crippen LogP contribution is -2.37. The molecule has 0 spiro atoms. The maximum Gasteiger partial charge on any atom is 0.306 e. The van der Waals surface area contributed by atoms with Gasteiger partial charge in [0, 0.05) is 48.7 Å². The first-order chi connectivity index (χ1) is 16.4. The Hall–Kier alpha value is -3.85. The van der Waals surface area contributed by atoms with Gasteiger partial charge in [-0.1, -0.05) is 31.2 Å². The van der Waals surface area contributed by atoms with Crippen LogP contribution in [0.4, 0.5) is 11.5 Å². The van der Waals surface area contributed by atoms with Gasteiger partial charge in [-0.05, 0) is 18.1 Å². The number of benzene rings is 1. The van der Waals surface area contributed by atoms with Gasteiger partial charge < -0.3 is 20.5 Å². The van der Waals surface area contributed by atoms with Crippen LogP contribution < -0.4 is 10.6 Å². The summed E-state index contributed by atoms with van der Waals surface area (Å²) in [5, 5.41) is 9.11. The molecule has 2 aromatic heterocycles. The van der Waals surface area contributed by atoms with E-state index in [2.05, 4.69) is 19.9 Å². The molecular weight excluding hydrogens is 434 g/mol. The summed E-state index contributed by atoms with van der Waals surface area (Å²) in [6.45, 7) is 4.47. The first kappa shape index (κ1) is 23.3. The maximum absolute atomic E-state index is 13.2. The van der Waals surface area contributed by atoms with E-state index in [4.69, 9.17) is 15.6 Å². The number of nitrogens with two attached hydrogens (primary N) is 1. The number of anilines is 2. The van der Waals surface area contributed by atoms with Crippen LogP contribution in [0, 0.1) is 5.92 Å². The summed E-state index contributed by atoms with van der Waals surface area (Å²) < 4.78 is 5.43. The Morgan fingerprint density at radius 2 is 1.88 bits per heavy atom. The van der Waals surface area contributed by atoms with Gasteiger partial charge in [0.1, 0.15) is 5.69 Å². The lowest BCUT2D eigenvalue weighted by atomic mass is 9.99. The molecule has 0 aliphatic carbocycles. The molecule has 3 heterocycles. The molecule has 176 valence electrons. The van der Waals surface area contributed by atoms with E-state index < -0.39 is 11.9 Å². The number of carbonyl (C=O) groups is 2. The van der Waals surface area contributed by atoms with E-state index in [0.29, 0.717) is 25.3 Å². The molecule has 4 rings (SSSR count). The Morgan fingerprint density at radius 1 is 1.15 bits per heavy atom. The average Bonchev–Trinajstić information content (AvgIpc) is 2.85. The molecule has 0 amide bonds. The van der Waals surface area contributed by atoms with E-state index in [0.717, 1.165) is 35.5 Å². The molecule has 0 radical (unpaired) electrons. The van der Waals surface area contributed by atoms with Crippen molar-refractivity contribution in [3.05, 3.63) is 65.7 Å². The second kappa shape index (κ2) is 10.4. The summed E-state index contributed by atoms with van der Waals surface area (Å²) in [7, 11) is 0. The third kappa shape index (κ3) is 5.37. The number of rotatable bonds is 8. The number of ether oxygens (including phenoxy) is 1. The quantitative estimate of drug-likeness (QED) is 0.486. The van der Waals surface area contributed by atoms with Gasteiger partial charge in [-0.2, -0.15) is 0 Å². The second-order valence-corrected chi connectivity index (χ2v) is 8.33. The van der Waals surface area contributed by atoms with Crippen molar-refractivity contribution in [2.75, 3.05) is 36.9 Å². The highest BCUT2D eigenvalue weighted by molar-refractivity contribution is 6.00. The number of aliphatic carboxylic acids is 1. The lowest BCUT2D eigenvalue weighted by molar-refractivity contribution is -0.141. The monoisotopic (exact) mass is 461 g/mol. The minimum absolute atomic E-state index is 0.0810. The Bertz CT molecular complexity index is 1180. The van der Waals surface area contributed by atoms with E-state index in [9.17, 15) is 9.59 Å². The van der Waals surface area contributed by atoms with E-state index in [1.807, 2.05) is 30.3 Å². The number of ketones is 1. The van der Waals surface area contributed by atoms with Gasteiger partial charge in [-0.15, -0.1) is 0 Å². The molecule has 1 aliphatic rings. The summed E-state index contributed by atoms with van der Waals surface area (Å²) in [6.07, 6.45) is 5.49. The lowest BCUT2D eigenvalue weighted by Gasteiger charge is -2.30. The number of Topliss-reactive ketones (excluding diaryl/α,β-unsaturated/α-hetero) is 1. The maximum atomic E-state index is 13.2. The van der Waals surface area contributed by atoms with Crippen LogP contribution in [0.1, 0.15) is 28.5 Å². The van der Waals surface area contributed by atoms with Gasteiger partial charge >= 0.3 is 5.97 Å². The largest absolute Gasteiger partial charge is 0.481 e. The van der Waals surface area contributed by atoms with E-state index >= 15 is 0 Å². The zero-order valence-electron chi connectivity index (χ0n) is 19.0. The standard InChI is InChI=1S/C25H27N5O4/c1-16(25(32)33)12-17-2-4-18(5-3-17)20-15-28-24(26)23(29-20)22(31)13-19-14-27-7-6-21(19)30-8-10-34-11-9-30/h2-7,14-16H,8-13H2,1H3,(H2,26,28)(H,32,33)/t16-/m0/s1. The average molecular weight is 462 g/mol. The molecule has 1 saturated heterocycles. The molecule has 1 aliphatic heterocycles. The van der Waals surface area contributed by atoms with Crippen LogP contribution in [-0.2, 0) is 22.4 Å². The molecule has 0 saturated carbocycles. The van der Waals surface area contributed by atoms with Gasteiger partial charge in [-0.25, -0.2) is 9.97 Å². The van der Waals surface area contributed by atoms with Gasteiger partial charge in [0.05, 0.1) is 31.0 Å². The molecule has 1 atom stereocenters. The smallest absolute Gasteiger partial charge is 0.306 e. The van der Waals surface area contributed by atoms with Gasteiger partial charge in [0.2, 0.25) is 0 Å². The molecule has 1 aromatic carbocycles. The van der Waals surface area contributed by atoms with Crippen molar-refractivity contribution in [2.45, 2.75) is 19.8 Å². The predicted octanol–water partition coefficient (Wildman–Crippen LogP) is 2.65. The van der Waals surface area contributed by atoms with Crippen LogP contribution in [0.5, 0.6) is 0 Å². The number of pyridine rings is 1. The van der Waals surface area contributed by atoms with Crippen LogP contribution >= 0.6 is 0 Å². The molecule has 1 fully saturated rings. The van der Waals surface area contributed by atoms with Crippen LogP contribution in [0.2, 0.25) is 0 Å². The van der Waals surface area contributed by atoms with E-state index in [1.54, 1.807) is 19.3 Å². The van der Waals surface area contributed by atoms with Gasteiger partial charge in [0.15, 0.2) is 11.6 Å². The summed E-state index contributed by atoms with van der Waals surface area (Å²) in [5.41, 5.74) is 10.1. The third-order valence-corrected chi connectivity index (χ3v) is 5.86. The van der Waals surface area contributed by atoms with E-state index in [-0.39, 0.29) is 23.7 Å². The number of hydrogen-bond acceptors (Lipinski definition) is 8. The normalized spacial score (nSPS) is 14.6. The molecule has 3 aromatic rings. The molecule has 9 heteroatoms. The molecular formula is C25H27N5O4. The fraction of sp³-hybridized carbons (Fsp3) is 0.320. The number of hydrogen-bond donors (Lipinski definition) is 2. The van der Waals surface area contributed by atoms with Crippen LogP contribution in [0.15, 0.2) is 48.9 Å². The highest BCUT2D eigenvalue weighted by Gasteiger charge is 2.20. The molecule has 0 bridgehead atoms. The zero-order chi connectivity index (χ0) is 24.1. The van der Waals surface area contributed by atoms with Crippen molar-refractivity contribution >= 4 is 23.3 Å². The van der Waals surface area contributed by atoms with Crippen molar-refractivity contribution < 1.29 is 19.4 Å². The van der Waals surface area contributed by atoms with Crippen molar-refractivity contribution in [1.29, 1.82) is 0 Å². The van der Waals surface area contributed by atoms with Crippen molar-refractivity contribution in [3.8, 4) is 11.3 Å². The summed E-state index contributed by atoms with van der Waals surface area (Å²) in [6, 6.07) is 9.31. The minimum Gasteiger partial charge on any atom is -0.481 e. The molecule has 0 unspecified atom stereocenters. The van der Waals surface area contributed by atoms with Crippen molar-refractivity contribution in [1.82, 2.24) is 15.0 Å². The van der Waals surface area contributed by atoms with Crippen LogP contribution in [0.25, 0.3) is 11.3 Å². The van der Waals surface area contributed by atoms with Crippen molar-refractivity contribution in [2.24, 2.45) is 5.92 Å². The fourth-order valence-corrected chi connectivity index (χ4v) is 3.92. The minimum atomic E-state index is -0.831. The predicted molar refractivity (Wildman–Crippen MR) is 128 cm³/mol. The van der Waals surface area contributed by atoms with Crippen molar-refractivity contribution in [3.63, 3.8) is 0 Å². The summed E-state index contributed by atoms with van der Waals surface area (Å²) >= 11 is 0. The molecule has 9 nitrogen and oxygen atoms in total. The number of carbonyl (C=O) groups excluding carboxylic acids is 1. The number of aromatic nitrogens is 3. The summed E-state index contributed by atoms with van der Waals surface area (Å²) in [5.74, 6) is -1.46. The number of carboxylic acids is 1. The number of carboxylic acid groups (broad SMARTS) is 1. The fourth-order valence-electron chi connectivity index (χ4n) is 3.92. The Balaban J connectivity index is 1.54. The van der Waals surface area contributed by atoms with Gasteiger partial charge in [-0.3, -0.25) is 14.6 Å². The third-order valence-electron chi connectivity index (χ3n) is 5.86.